The number of hydrogen-bond acceptors (Lipinski definition) is 8. The van der Waals surface area contributed by atoms with Gasteiger partial charge >= 0.3 is 5.69 Å². The van der Waals surface area contributed by atoms with Crippen molar-refractivity contribution in [3.05, 3.63) is 135 Å². The van der Waals surface area contributed by atoms with Gasteiger partial charge in [0.25, 0.3) is 11.8 Å². The fourth-order valence-corrected chi connectivity index (χ4v) is 9.20. The summed E-state index contributed by atoms with van der Waals surface area (Å²) in [7, 11) is 1.72. The van der Waals surface area contributed by atoms with E-state index in [-0.39, 0.29) is 47.4 Å². The summed E-state index contributed by atoms with van der Waals surface area (Å²) in [6.07, 6.45) is 6.59. The van der Waals surface area contributed by atoms with E-state index in [4.69, 9.17) is 14.4 Å². The lowest BCUT2D eigenvalue weighted by Gasteiger charge is -2.35. The number of imidazole rings is 1. The van der Waals surface area contributed by atoms with Crippen molar-refractivity contribution in [1.29, 1.82) is 0 Å². The smallest absolute Gasteiger partial charge is 0.338 e. The first-order valence-electron chi connectivity index (χ1n) is 20.2. The number of carbonyl (C=O) groups is 1. The molecule has 0 bridgehead atoms. The molecular formula is C45H43F2N9O5. The van der Waals surface area contributed by atoms with Crippen LogP contribution in [0.3, 0.4) is 0 Å². The zero-order valence-corrected chi connectivity index (χ0v) is 34.3. The summed E-state index contributed by atoms with van der Waals surface area (Å²) in [6, 6.07) is 16.2. The van der Waals surface area contributed by atoms with Crippen molar-refractivity contribution in [3.8, 4) is 23.1 Å². The van der Waals surface area contributed by atoms with Gasteiger partial charge in [-0.05, 0) is 111 Å². The average molecular weight is 828 g/mol. The highest BCUT2D eigenvalue weighted by Gasteiger charge is 2.34. The molecule has 0 aliphatic carbocycles. The van der Waals surface area contributed by atoms with Gasteiger partial charge in [-0.3, -0.25) is 18.6 Å². The number of aromatic nitrogens is 8. The van der Waals surface area contributed by atoms with Gasteiger partial charge in [0.1, 0.15) is 17.3 Å². The Balaban J connectivity index is 1.07. The molecule has 3 aromatic carbocycles. The number of benzene rings is 3. The highest BCUT2D eigenvalue weighted by molar-refractivity contribution is 5.99. The second-order valence-corrected chi connectivity index (χ2v) is 16.8. The molecule has 1 amide bonds. The summed E-state index contributed by atoms with van der Waals surface area (Å²) in [5.41, 5.74) is 4.82. The van der Waals surface area contributed by atoms with E-state index in [2.05, 4.69) is 36.2 Å². The number of nitrogens with zero attached hydrogens (tertiary/aromatic N) is 9. The van der Waals surface area contributed by atoms with E-state index in [1.54, 1.807) is 59.6 Å². The molecule has 312 valence electrons. The van der Waals surface area contributed by atoms with Crippen molar-refractivity contribution >= 4 is 27.7 Å². The fourth-order valence-electron chi connectivity index (χ4n) is 9.20. The average Bonchev–Trinajstić information content (AvgIpc) is 4.07. The van der Waals surface area contributed by atoms with E-state index in [1.807, 2.05) is 16.7 Å². The summed E-state index contributed by atoms with van der Waals surface area (Å²) in [4.78, 5) is 31.1. The summed E-state index contributed by atoms with van der Waals surface area (Å²) < 4.78 is 50.0. The van der Waals surface area contributed by atoms with Crippen molar-refractivity contribution in [2.45, 2.75) is 71.6 Å². The standard InChI is InChI=1S/C45H43F2N9O5/c1-25-16-30(17-26(2)40(25)46)56-42(54-14-13-53(44(54)59)37-9-8-36-32(41(37)47)22-48-51(36)5)33-24-52(12-10-34(33)49-56)43(58)38-19-29-18-27(28-11-15-60-45(3,4)21-28)6-7-35(29)55(38)23-31-20-39(57)50-61-31/h6-9,13-14,16-20,22,28H,10-12,15,21,23-24H2,1-5H3,(H,50,57)/t28-/m0/s1. The maximum atomic E-state index is 16.0. The number of halogens is 2. The van der Waals surface area contributed by atoms with Gasteiger partial charge in [0, 0.05) is 61.5 Å². The van der Waals surface area contributed by atoms with Crippen LogP contribution in [0.4, 0.5) is 8.78 Å². The Bertz CT molecular complexity index is 3100. The van der Waals surface area contributed by atoms with Gasteiger partial charge in [-0.25, -0.2) is 18.3 Å². The lowest BCUT2D eigenvalue weighted by Crippen LogP contribution is -2.37. The number of amides is 1. The third kappa shape index (κ3) is 6.43. The van der Waals surface area contributed by atoms with Gasteiger partial charge in [-0.15, -0.1) is 0 Å². The zero-order valence-electron chi connectivity index (χ0n) is 34.3. The van der Waals surface area contributed by atoms with Crippen molar-refractivity contribution in [3.63, 3.8) is 0 Å². The Kier molecular flexibility index (Phi) is 8.91. The molecule has 1 saturated heterocycles. The molecule has 1 atom stereocenters. The molecule has 1 fully saturated rings. The summed E-state index contributed by atoms with van der Waals surface area (Å²) in [5.74, 6) is -0.441. The van der Waals surface area contributed by atoms with Crippen LogP contribution in [0, 0.1) is 25.5 Å². The van der Waals surface area contributed by atoms with E-state index >= 15 is 4.39 Å². The van der Waals surface area contributed by atoms with Crippen molar-refractivity contribution in [1.82, 2.24) is 43.3 Å². The van der Waals surface area contributed by atoms with Crippen LogP contribution >= 0.6 is 0 Å². The van der Waals surface area contributed by atoms with E-state index < -0.39 is 11.5 Å². The highest BCUT2D eigenvalue weighted by atomic mass is 19.1. The van der Waals surface area contributed by atoms with Crippen molar-refractivity contribution in [2.24, 2.45) is 7.05 Å². The molecule has 2 aliphatic rings. The van der Waals surface area contributed by atoms with Crippen LogP contribution in [0.25, 0.3) is 39.0 Å². The molecule has 10 rings (SSSR count). The Hall–Kier alpha value is -6.81. The van der Waals surface area contributed by atoms with Gasteiger partial charge in [0.05, 0.1) is 52.9 Å². The van der Waals surface area contributed by atoms with E-state index in [0.29, 0.717) is 76.4 Å². The number of ether oxygens (including phenoxy) is 1. The lowest BCUT2D eigenvalue weighted by atomic mass is 9.83. The topological polar surface area (TPSA) is 143 Å². The Morgan fingerprint density at radius 1 is 0.984 bits per heavy atom. The number of fused-ring (bicyclic) bond motifs is 3. The summed E-state index contributed by atoms with van der Waals surface area (Å²) in [6.45, 7) is 8.76. The highest BCUT2D eigenvalue weighted by Crippen LogP contribution is 2.38. The predicted octanol–water partition coefficient (Wildman–Crippen LogP) is 7.16. The minimum absolute atomic E-state index is 0.0473. The Labute approximate surface area is 347 Å². The molecular weight excluding hydrogens is 785 g/mol. The third-order valence-electron chi connectivity index (χ3n) is 12.2. The van der Waals surface area contributed by atoms with Crippen molar-refractivity contribution in [2.75, 3.05) is 13.2 Å². The van der Waals surface area contributed by atoms with Crippen LogP contribution in [0.1, 0.15) is 76.8 Å². The number of hydrogen-bond donors (Lipinski definition) is 1. The minimum atomic E-state index is -0.595. The largest absolute Gasteiger partial charge is 0.491 e. The van der Waals surface area contributed by atoms with Crippen molar-refractivity contribution < 1.29 is 27.9 Å². The van der Waals surface area contributed by atoms with Gasteiger partial charge in [-0.2, -0.15) is 10.2 Å². The second kappa shape index (κ2) is 14.1. The molecule has 5 aromatic heterocycles. The summed E-state index contributed by atoms with van der Waals surface area (Å²) >= 11 is 0. The number of carbonyl (C=O) groups excluding carboxylic acids is 1. The van der Waals surface area contributed by atoms with E-state index in [9.17, 15) is 19.1 Å². The van der Waals surface area contributed by atoms with Crippen LogP contribution in [-0.4, -0.2) is 73.1 Å². The minimum Gasteiger partial charge on any atom is -0.491 e. The van der Waals surface area contributed by atoms with Gasteiger partial charge in [0.2, 0.25) is 0 Å². The molecule has 0 radical (unpaired) electrons. The van der Waals surface area contributed by atoms with Crippen LogP contribution < -0.4 is 5.69 Å². The molecule has 1 N–H and O–H groups in total. The molecule has 16 heteroatoms. The Morgan fingerprint density at radius 3 is 2.51 bits per heavy atom. The summed E-state index contributed by atoms with van der Waals surface area (Å²) in [5, 5.41) is 24.0. The molecule has 2 aliphatic heterocycles. The maximum Gasteiger partial charge on any atom is 0.338 e. The van der Waals surface area contributed by atoms with Gasteiger partial charge < -0.3 is 23.8 Å². The van der Waals surface area contributed by atoms with E-state index in [1.165, 1.54) is 39.2 Å². The predicted molar refractivity (Wildman–Crippen MR) is 222 cm³/mol. The fraction of sp³-hybridized carbons (Fsp3) is 0.311. The number of aromatic hydroxyl groups is 1. The first kappa shape index (κ1) is 38.4. The third-order valence-corrected chi connectivity index (χ3v) is 12.2. The molecule has 7 heterocycles. The monoisotopic (exact) mass is 827 g/mol. The lowest BCUT2D eigenvalue weighted by molar-refractivity contribution is -0.0592. The molecule has 61 heavy (non-hydrogen) atoms. The second-order valence-electron chi connectivity index (χ2n) is 16.8. The van der Waals surface area contributed by atoms with Crippen LogP contribution in [0.15, 0.2) is 82.5 Å². The molecule has 0 saturated carbocycles. The van der Waals surface area contributed by atoms with Crippen LogP contribution in [0.5, 0.6) is 5.88 Å². The normalized spacial score (nSPS) is 16.5. The maximum absolute atomic E-state index is 16.0. The zero-order chi connectivity index (χ0) is 42.5. The van der Waals surface area contributed by atoms with E-state index in [0.717, 1.165) is 23.7 Å². The van der Waals surface area contributed by atoms with Gasteiger partial charge in [-0.1, -0.05) is 6.07 Å². The number of aryl methyl sites for hydroxylation is 3. The SMILES string of the molecule is Cc1cc(-n2nc3c(c2-n2ccn(-c4ccc5c(cnn5C)c4F)c2=O)CN(C(=O)c2cc4cc([C@H]5CCOC(C)(C)C5)ccc4n2Cc2cc(O)no2)CC3)cc(C)c1F. The number of rotatable bonds is 7. The molecule has 0 unspecified atom stereocenters. The molecule has 8 aromatic rings. The van der Waals surface area contributed by atoms with Gasteiger partial charge in [0.15, 0.2) is 11.6 Å². The van der Waals surface area contributed by atoms with Crippen LogP contribution in [0.2, 0.25) is 0 Å². The van der Waals surface area contributed by atoms with Crippen LogP contribution in [-0.2, 0) is 31.3 Å². The first-order chi connectivity index (χ1) is 29.2. The first-order valence-corrected chi connectivity index (χ1v) is 20.2. The Morgan fingerprint density at radius 2 is 1.75 bits per heavy atom. The quantitative estimate of drug-likeness (QED) is 0.178. The molecule has 0 spiro atoms. The molecule has 14 nitrogen and oxygen atoms in total.